The Hall–Kier alpha value is -2.04. The van der Waals surface area contributed by atoms with Crippen LogP contribution in [-0.2, 0) is 22.6 Å². The molecule has 0 aliphatic heterocycles. The number of likely N-dealkylation sites (N-methyl/N-ethyl adjacent to an activating group) is 1. The Balaban J connectivity index is 2.15. The second-order valence-electron chi connectivity index (χ2n) is 7.72. The SMILES string of the molecule is CCNC(=O)[C@H](C)N(Cc1ccc(Cl)cc1Cl)C(=O)CCc1ccc(C(C)C)cc1. The highest BCUT2D eigenvalue weighted by molar-refractivity contribution is 6.35. The average Bonchev–Trinajstić information content (AvgIpc) is 2.71. The van der Waals surface area contributed by atoms with Gasteiger partial charge in [0.05, 0.1) is 0 Å². The summed E-state index contributed by atoms with van der Waals surface area (Å²) in [5.74, 6) is 0.197. The zero-order chi connectivity index (χ0) is 22.3. The van der Waals surface area contributed by atoms with Gasteiger partial charge in [-0.05, 0) is 55.0 Å². The van der Waals surface area contributed by atoms with Gasteiger partial charge in [-0.3, -0.25) is 9.59 Å². The van der Waals surface area contributed by atoms with Crippen LogP contribution in [0.4, 0.5) is 0 Å². The Morgan fingerprint density at radius 2 is 1.70 bits per heavy atom. The number of amides is 2. The first-order valence-electron chi connectivity index (χ1n) is 10.3. The topological polar surface area (TPSA) is 49.4 Å². The number of hydrogen-bond acceptors (Lipinski definition) is 2. The molecule has 0 aliphatic carbocycles. The molecule has 0 bridgehead atoms. The number of carbonyl (C=O) groups is 2. The van der Waals surface area contributed by atoms with E-state index in [9.17, 15) is 9.59 Å². The van der Waals surface area contributed by atoms with Crippen molar-refractivity contribution in [3.05, 3.63) is 69.2 Å². The Bertz CT molecular complexity index is 866. The maximum Gasteiger partial charge on any atom is 0.242 e. The summed E-state index contributed by atoms with van der Waals surface area (Å²) in [6, 6.07) is 12.9. The number of nitrogens with one attached hydrogen (secondary N) is 1. The summed E-state index contributed by atoms with van der Waals surface area (Å²) in [6.45, 7) is 8.66. The highest BCUT2D eigenvalue weighted by Crippen LogP contribution is 2.24. The van der Waals surface area contributed by atoms with Crippen molar-refractivity contribution in [2.24, 2.45) is 0 Å². The van der Waals surface area contributed by atoms with Crippen LogP contribution in [0.15, 0.2) is 42.5 Å². The molecule has 4 nitrogen and oxygen atoms in total. The van der Waals surface area contributed by atoms with Gasteiger partial charge in [-0.1, -0.05) is 67.4 Å². The molecule has 1 N–H and O–H groups in total. The molecule has 2 aromatic carbocycles. The fourth-order valence-corrected chi connectivity index (χ4v) is 3.67. The molecule has 6 heteroatoms. The Morgan fingerprint density at radius 1 is 1.03 bits per heavy atom. The van der Waals surface area contributed by atoms with Crippen molar-refractivity contribution in [2.45, 2.75) is 59.0 Å². The molecular formula is C24H30Cl2N2O2. The van der Waals surface area contributed by atoms with Gasteiger partial charge in [0.2, 0.25) is 11.8 Å². The van der Waals surface area contributed by atoms with Crippen LogP contribution < -0.4 is 5.32 Å². The van der Waals surface area contributed by atoms with E-state index in [1.54, 1.807) is 30.0 Å². The van der Waals surface area contributed by atoms with E-state index in [1.165, 1.54) is 5.56 Å². The molecule has 30 heavy (non-hydrogen) atoms. The zero-order valence-electron chi connectivity index (χ0n) is 18.0. The largest absolute Gasteiger partial charge is 0.355 e. The molecule has 2 amide bonds. The second kappa shape index (κ2) is 11.4. The minimum absolute atomic E-state index is 0.0901. The van der Waals surface area contributed by atoms with E-state index >= 15 is 0 Å². The summed E-state index contributed by atoms with van der Waals surface area (Å²) >= 11 is 12.3. The molecule has 0 saturated carbocycles. The van der Waals surface area contributed by atoms with Gasteiger partial charge >= 0.3 is 0 Å². The van der Waals surface area contributed by atoms with Crippen LogP contribution >= 0.6 is 23.2 Å². The maximum atomic E-state index is 13.1. The predicted octanol–water partition coefficient (Wildman–Crippen LogP) is 5.60. The molecule has 0 spiro atoms. The van der Waals surface area contributed by atoms with Crippen LogP contribution in [0.1, 0.15) is 56.7 Å². The molecule has 2 aromatic rings. The summed E-state index contributed by atoms with van der Waals surface area (Å²) in [6.07, 6.45) is 0.931. The van der Waals surface area contributed by atoms with Crippen molar-refractivity contribution in [1.29, 1.82) is 0 Å². The lowest BCUT2D eigenvalue weighted by atomic mass is 10.00. The maximum absolute atomic E-state index is 13.1. The van der Waals surface area contributed by atoms with Gasteiger partial charge in [-0.15, -0.1) is 0 Å². The number of benzene rings is 2. The molecule has 0 radical (unpaired) electrons. The van der Waals surface area contributed by atoms with E-state index in [1.807, 2.05) is 6.92 Å². The Labute approximate surface area is 189 Å². The molecule has 162 valence electrons. The molecular weight excluding hydrogens is 419 g/mol. The minimum Gasteiger partial charge on any atom is -0.355 e. The van der Waals surface area contributed by atoms with Crippen LogP contribution in [0.25, 0.3) is 0 Å². The molecule has 2 rings (SSSR count). The standard InChI is InChI=1S/C24H30Cl2N2O2/c1-5-27-24(30)17(4)28(15-20-11-12-21(25)14-22(20)26)23(29)13-8-18-6-9-19(10-7-18)16(2)3/h6-7,9-12,14,16-17H,5,8,13,15H2,1-4H3,(H,27,30)/t17-/m0/s1. The molecule has 0 aromatic heterocycles. The van der Waals surface area contributed by atoms with Gasteiger partial charge in [-0.25, -0.2) is 0 Å². The van der Waals surface area contributed by atoms with Crippen molar-refractivity contribution < 1.29 is 9.59 Å². The third-order valence-corrected chi connectivity index (χ3v) is 5.73. The first-order valence-corrected chi connectivity index (χ1v) is 11.1. The summed E-state index contributed by atoms with van der Waals surface area (Å²) in [5, 5.41) is 3.80. The summed E-state index contributed by atoms with van der Waals surface area (Å²) < 4.78 is 0. The van der Waals surface area contributed by atoms with Crippen molar-refractivity contribution in [1.82, 2.24) is 10.2 Å². The summed E-state index contributed by atoms with van der Waals surface area (Å²) in [5.41, 5.74) is 3.13. The van der Waals surface area contributed by atoms with Crippen LogP contribution in [0.2, 0.25) is 10.0 Å². The third kappa shape index (κ3) is 6.75. The number of carbonyl (C=O) groups excluding carboxylic acids is 2. The summed E-state index contributed by atoms with van der Waals surface area (Å²) in [7, 11) is 0. The molecule has 0 fully saturated rings. The first kappa shape index (κ1) is 24.2. The minimum atomic E-state index is -0.604. The van der Waals surface area contributed by atoms with Crippen molar-refractivity contribution in [2.75, 3.05) is 6.54 Å². The number of aryl methyl sites for hydroxylation is 1. The number of halogens is 2. The fourth-order valence-electron chi connectivity index (χ4n) is 3.20. The van der Waals surface area contributed by atoms with Gasteiger partial charge in [0.15, 0.2) is 0 Å². The van der Waals surface area contributed by atoms with Crippen LogP contribution in [0, 0.1) is 0 Å². The lowest BCUT2D eigenvalue weighted by Crippen LogP contribution is -2.47. The third-order valence-electron chi connectivity index (χ3n) is 5.15. The van der Waals surface area contributed by atoms with Gasteiger partial charge in [0.25, 0.3) is 0 Å². The van der Waals surface area contributed by atoms with Crippen molar-refractivity contribution in [3.63, 3.8) is 0 Å². The van der Waals surface area contributed by atoms with E-state index in [0.717, 1.165) is 11.1 Å². The monoisotopic (exact) mass is 448 g/mol. The second-order valence-corrected chi connectivity index (χ2v) is 8.57. The highest BCUT2D eigenvalue weighted by Gasteiger charge is 2.26. The first-order chi connectivity index (χ1) is 14.2. The van der Waals surface area contributed by atoms with Crippen LogP contribution in [0.3, 0.4) is 0 Å². The average molecular weight is 449 g/mol. The van der Waals surface area contributed by atoms with E-state index in [0.29, 0.717) is 35.3 Å². The Kier molecular flexibility index (Phi) is 9.19. The van der Waals surface area contributed by atoms with E-state index in [2.05, 4.69) is 43.4 Å². The predicted molar refractivity (Wildman–Crippen MR) is 124 cm³/mol. The number of hydrogen-bond donors (Lipinski definition) is 1. The van der Waals surface area contributed by atoms with Crippen LogP contribution in [-0.4, -0.2) is 29.3 Å². The van der Waals surface area contributed by atoms with E-state index < -0.39 is 6.04 Å². The van der Waals surface area contributed by atoms with Gasteiger partial charge in [-0.2, -0.15) is 0 Å². The lowest BCUT2D eigenvalue weighted by molar-refractivity contribution is -0.140. The fraction of sp³-hybridized carbons (Fsp3) is 0.417. The van der Waals surface area contributed by atoms with Gasteiger partial charge in [0, 0.05) is 29.6 Å². The summed E-state index contributed by atoms with van der Waals surface area (Å²) in [4.78, 5) is 27.1. The lowest BCUT2D eigenvalue weighted by Gasteiger charge is -2.29. The smallest absolute Gasteiger partial charge is 0.242 e. The molecule has 0 unspecified atom stereocenters. The number of rotatable bonds is 9. The van der Waals surface area contributed by atoms with Gasteiger partial charge in [0.1, 0.15) is 6.04 Å². The molecule has 0 heterocycles. The highest BCUT2D eigenvalue weighted by atomic mass is 35.5. The Morgan fingerprint density at radius 3 is 2.27 bits per heavy atom. The van der Waals surface area contributed by atoms with Gasteiger partial charge < -0.3 is 10.2 Å². The quantitative estimate of drug-likeness (QED) is 0.542. The normalized spacial score (nSPS) is 12.0. The zero-order valence-corrected chi connectivity index (χ0v) is 19.6. The van der Waals surface area contributed by atoms with Crippen molar-refractivity contribution in [3.8, 4) is 0 Å². The molecule has 0 aliphatic rings. The molecule has 0 saturated heterocycles. The van der Waals surface area contributed by atoms with E-state index in [4.69, 9.17) is 23.2 Å². The van der Waals surface area contributed by atoms with Crippen molar-refractivity contribution >= 4 is 35.0 Å². The van der Waals surface area contributed by atoms with Crippen LogP contribution in [0.5, 0.6) is 0 Å². The number of nitrogens with zero attached hydrogens (tertiary/aromatic N) is 1. The molecule has 1 atom stereocenters. The van der Waals surface area contributed by atoms with E-state index in [-0.39, 0.29) is 18.4 Å².